The molecule has 130 valence electrons. The minimum absolute atomic E-state index is 0.0558. The van der Waals surface area contributed by atoms with Gasteiger partial charge in [-0.2, -0.15) is 0 Å². The van der Waals surface area contributed by atoms with E-state index in [1.165, 1.54) is 0 Å². The third-order valence-corrected chi connectivity index (χ3v) is 5.34. The van der Waals surface area contributed by atoms with E-state index in [-0.39, 0.29) is 29.6 Å². The van der Waals surface area contributed by atoms with E-state index < -0.39 is 0 Å². The summed E-state index contributed by atoms with van der Waals surface area (Å²) in [6, 6.07) is 0.0915. The fraction of sp³-hybridized carbons (Fsp3) is 0.611. The first kappa shape index (κ1) is 16.7. The smallest absolute Gasteiger partial charge is 0.268 e. The Kier molecular flexibility index (Phi) is 4.73. The molecule has 1 heterocycles. The van der Waals surface area contributed by atoms with Crippen molar-refractivity contribution in [2.75, 3.05) is 7.05 Å². The molecule has 0 unspecified atom stereocenters. The van der Waals surface area contributed by atoms with Crippen LogP contribution >= 0.6 is 0 Å². The van der Waals surface area contributed by atoms with Crippen LogP contribution in [0.5, 0.6) is 0 Å². The highest BCUT2D eigenvalue weighted by molar-refractivity contribution is 6.04. The maximum Gasteiger partial charge on any atom is 0.268 e. The number of hydrogen-bond acceptors (Lipinski definition) is 3. The molecule has 0 saturated heterocycles. The summed E-state index contributed by atoms with van der Waals surface area (Å²) < 4.78 is 0. The number of Topliss-reactive ketones (excluding diaryl/α,β-unsaturated/α-hetero) is 1. The Hall–Kier alpha value is -2.11. The molecule has 3 N–H and O–H groups in total. The number of H-pyrrole nitrogens is 1. The van der Waals surface area contributed by atoms with Crippen LogP contribution in [-0.2, 0) is 11.2 Å². The SMILES string of the molecule is CNC(=O)C1CCC(NC(=O)c2[nH]c3c(c2C)C(=O)CCC3)CC1. The van der Waals surface area contributed by atoms with Crippen LogP contribution in [0, 0.1) is 12.8 Å². The second-order valence-corrected chi connectivity index (χ2v) is 6.89. The molecule has 6 nitrogen and oxygen atoms in total. The molecule has 0 aliphatic heterocycles. The maximum atomic E-state index is 12.6. The number of carbonyl (C=O) groups excluding carboxylic acids is 3. The van der Waals surface area contributed by atoms with Crippen molar-refractivity contribution in [1.82, 2.24) is 15.6 Å². The van der Waals surface area contributed by atoms with Crippen molar-refractivity contribution in [3.63, 3.8) is 0 Å². The Morgan fingerprint density at radius 3 is 2.46 bits per heavy atom. The van der Waals surface area contributed by atoms with Crippen molar-refractivity contribution in [3.05, 3.63) is 22.5 Å². The van der Waals surface area contributed by atoms with Gasteiger partial charge in [0.1, 0.15) is 5.69 Å². The fourth-order valence-electron chi connectivity index (χ4n) is 3.96. The summed E-state index contributed by atoms with van der Waals surface area (Å²) in [5.41, 5.74) is 2.90. The standard InChI is InChI=1S/C18H25N3O3/c1-10-15-13(4-3-5-14(15)22)21-16(10)18(24)20-12-8-6-11(7-9-12)17(23)19-2/h11-12,21H,3-9H2,1-2H3,(H,19,23)(H,20,24). The second-order valence-electron chi connectivity index (χ2n) is 6.89. The van der Waals surface area contributed by atoms with Crippen LogP contribution in [-0.4, -0.2) is 35.7 Å². The van der Waals surface area contributed by atoms with Gasteiger partial charge in [-0.15, -0.1) is 0 Å². The van der Waals surface area contributed by atoms with Gasteiger partial charge in [-0.25, -0.2) is 0 Å². The number of aryl methyl sites for hydroxylation is 1. The number of rotatable bonds is 3. The molecule has 6 heteroatoms. The molecule has 2 aliphatic carbocycles. The monoisotopic (exact) mass is 331 g/mol. The van der Waals surface area contributed by atoms with Crippen LogP contribution in [0.1, 0.15) is 70.6 Å². The lowest BCUT2D eigenvalue weighted by Crippen LogP contribution is -2.40. The molecule has 0 aromatic carbocycles. The van der Waals surface area contributed by atoms with Crippen molar-refractivity contribution in [1.29, 1.82) is 0 Å². The van der Waals surface area contributed by atoms with E-state index >= 15 is 0 Å². The maximum absolute atomic E-state index is 12.6. The molecule has 3 rings (SSSR count). The van der Waals surface area contributed by atoms with Crippen LogP contribution in [0.4, 0.5) is 0 Å². The minimum atomic E-state index is -0.141. The lowest BCUT2D eigenvalue weighted by atomic mass is 9.85. The largest absolute Gasteiger partial charge is 0.359 e. The van der Waals surface area contributed by atoms with Gasteiger partial charge in [-0.05, 0) is 51.0 Å². The predicted octanol–water partition coefficient (Wildman–Crippen LogP) is 1.88. The van der Waals surface area contributed by atoms with Crippen molar-refractivity contribution in [3.8, 4) is 0 Å². The topological polar surface area (TPSA) is 91.1 Å². The Morgan fingerprint density at radius 1 is 1.12 bits per heavy atom. The zero-order chi connectivity index (χ0) is 17.3. The first-order chi connectivity index (χ1) is 11.5. The van der Waals surface area contributed by atoms with Gasteiger partial charge in [-0.3, -0.25) is 14.4 Å². The first-order valence-electron chi connectivity index (χ1n) is 8.78. The summed E-state index contributed by atoms with van der Waals surface area (Å²) in [5, 5.41) is 5.76. The summed E-state index contributed by atoms with van der Waals surface area (Å²) in [6.07, 6.45) is 5.44. The van der Waals surface area contributed by atoms with Crippen LogP contribution in [0.15, 0.2) is 0 Å². The number of hydrogen-bond donors (Lipinski definition) is 3. The van der Waals surface area contributed by atoms with Crippen LogP contribution in [0.2, 0.25) is 0 Å². The molecule has 1 fully saturated rings. The summed E-state index contributed by atoms with van der Waals surface area (Å²) in [4.78, 5) is 39.5. The third kappa shape index (κ3) is 3.09. The summed E-state index contributed by atoms with van der Waals surface area (Å²) in [6.45, 7) is 1.84. The first-order valence-corrected chi connectivity index (χ1v) is 8.78. The molecule has 24 heavy (non-hydrogen) atoms. The minimum Gasteiger partial charge on any atom is -0.359 e. The number of carbonyl (C=O) groups is 3. The highest BCUT2D eigenvalue weighted by atomic mass is 16.2. The average molecular weight is 331 g/mol. The molecule has 1 saturated carbocycles. The quantitative estimate of drug-likeness (QED) is 0.790. The summed E-state index contributed by atoms with van der Waals surface area (Å²) in [5.74, 6) is 0.139. The Balaban J connectivity index is 1.64. The van der Waals surface area contributed by atoms with Crippen molar-refractivity contribution >= 4 is 17.6 Å². The van der Waals surface area contributed by atoms with Crippen LogP contribution < -0.4 is 10.6 Å². The normalized spacial score (nSPS) is 23.5. The molecular weight excluding hydrogens is 306 g/mol. The summed E-state index contributed by atoms with van der Waals surface area (Å²) in [7, 11) is 1.66. The molecule has 1 aromatic heterocycles. The number of ketones is 1. The fourth-order valence-corrected chi connectivity index (χ4v) is 3.96. The Labute approximate surface area is 141 Å². The molecular formula is C18H25N3O3. The molecule has 2 aliphatic rings. The number of nitrogens with one attached hydrogen (secondary N) is 3. The molecule has 2 amide bonds. The zero-order valence-electron chi connectivity index (χ0n) is 14.3. The van der Waals surface area contributed by atoms with Gasteiger partial charge in [0.05, 0.1) is 0 Å². The van der Waals surface area contributed by atoms with E-state index in [9.17, 15) is 14.4 Å². The number of aromatic amines is 1. The lowest BCUT2D eigenvalue weighted by Gasteiger charge is -2.28. The predicted molar refractivity (Wildman–Crippen MR) is 90.1 cm³/mol. The van der Waals surface area contributed by atoms with E-state index in [0.29, 0.717) is 12.1 Å². The zero-order valence-corrected chi connectivity index (χ0v) is 14.3. The molecule has 0 atom stereocenters. The Morgan fingerprint density at radius 2 is 1.83 bits per heavy atom. The highest BCUT2D eigenvalue weighted by Gasteiger charge is 2.29. The van der Waals surface area contributed by atoms with Gasteiger partial charge >= 0.3 is 0 Å². The van der Waals surface area contributed by atoms with E-state index in [0.717, 1.165) is 55.3 Å². The third-order valence-electron chi connectivity index (χ3n) is 5.34. The number of amides is 2. The van der Waals surface area contributed by atoms with E-state index in [2.05, 4.69) is 15.6 Å². The van der Waals surface area contributed by atoms with Gasteiger partial charge in [0, 0.05) is 36.7 Å². The van der Waals surface area contributed by atoms with E-state index in [1.807, 2.05) is 6.92 Å². The number of aromatic nitrogens is 1. The molecule has 0 spiro atoms. The number of fused-ring (bicyclic) bond motifs is 1. The summed E-state index contributed by atoms with van der Waals surface area (Å²) >= 11 is 0. The molecule has 0 radical (unpaired) electrons. The van der Waals surface area contributed by atoms with Crippen molar-refractivity contribution in [2.45, 2.75) is 57.9 Å². The van der Waals surface area contributed by atoms with Crippen LogP contribution in [0.3, 0.4) is 0 Å². The highest BCUT2D eigenvalue weighted by Crippen LogP contribution is 2.28. The van der Waals surface area contributed by atoms with Gasteiger partial charge < -0.3 is 15.6 Å². The van der Waals surface area contributed by atoms with Gasteiger partial charge in [-0.1, -0.05) is 0 Å². The Bertz CT molecular complexity index is 669. The van der Waals surface area contributed by atoms with Crippen molar-refractivity contribution in [2.24, 2.45) is 5.92 Å². The molecule has 1 aromatic rings. The lowest BCUT2D eigenvalue weighted by molar-refractivity contribution is -0.125. The van der Waals surface area contributed by atoms with Crippen molar-refractivity contribution < 1.29 is 14.4 Å². The van der Waals surface area contributed by atoms with E-state index in [1.54, 1.807) is 7.05 Å². The van der Waals surface area contributed by atoms with Crippen LogP contribution in [0.25, 0.3) is 0 Å². The van der Waals surface area contributed by atoms with Gasteiger partial charge in [0.15, 0.2) is 5.78 Å². The van der Waals surface area contributed by atoms with E-state index in [4.69, 9.17) is 0 Å². The van der Waals surface area contributed by atoms with Gasteiger partial charge in [0.2, 0.25) is 5.91 Å². The second kappa shape index (κ2) is 6.79. The molecule has 0 bridgehead atoms. The van der Waals surface area contributed by atoms with Gasteiger partial charge in [0.25, 0.3) is 5.91 Å². The average Bonchev–Trinajstić information content (AvgIpc) is 2.93.